The van der Waals surface area contributed by atoms with Crippen molar-refractivity contribution in [3.8, 4) is 0 Å². The van der Waals surface area contributed by atoms with E-state index in [-0.39, 0.29) is 0 Å². The van der Waals surface area contributed by atoms with E-state index in [9.17, 15) is 0 Å². The third-order valence-electron chi connectivity index (χ3n) is 3.30. The first kappa shape index (κ1) is 9.63. The molecule has 3 rings (SSSR count). The summed E-state index contributed by atoms with van der Waals surface area (Å²) in [6, 6.07) is 2.11. The van der Waals surface area contributed by atoms with Crippen LogP contribution in [0.4, 0.5) is 5.82 Å². The van der Waals surface area contributed by atoms with Crippen LogP contribution in [0.1, 0.15) is 19.3 Å². The van der Waals surface area contributed by atoms with E-state index in [2.05, 4.69) is 20.9 Å². The topological polar surface area (TPSA) is 34.0 Å². The summed E-state index contributed by atoms with van der Waals surface area (Å²) in [7, 11) is 2.02. The van der Waals surface area contributed by atoms with Gasteiger partial charge in [-0.25, -0.2) is 9.97 Å². The highest BCUT2D eigenvalue weighted by Crippen LogP contribution is 2.25. The number of hydrogen-bond acceptors (Lipinski definition) is 3. The number of anilines is 1. The number of aromatic nitrogens is 3. The van der Waals surface area contributed by atoms with Gasteiger partial charge in [0.05, 0.1) is 5.39 Å². The summed E-state index contributed by atoms with van der Waals surface area (Å²) in [4.78, 5) is 11.1. The lowest BCUT2D eigenvalue weighted by Gasteiger charge is -2.27. The van der Waals surface area contributed by atoms with E-state index in [0.29, 0.717) is 0 Å². The first-order valence-corrected chi connectivity index (χ1v) is 5.87. The third-order valence-corrected chi connectivity index (χ3v) is 3.30. The lowest BCUT2D eigenvalue weighted by Crippen LogP contribution is -2.30. The maximum Gasteiger partial charge on any atom is 0.145 e. The Morgan fingerprint density at radius 3 is 2.75 bits per heavy atom. The molecule has 84 valence electrons. The van der Waals surface area contributed by atoms with E-state index in [1.807, 2.05) is 17.8 Å². The minimum atomic E-state index is 1.02. The molecule has 0 radical (unpaired) electrons. The quantitative estimate of drug-likeness (QED) is 0.730. The van der Waals surface area contributed by atoms with Crippen LogP contribution in [0.3, 0.4) is 0 Å². The van der Waals surface area contributed by atoms with Gasteiger partial charge in [0.1, 0.15) is 17.8 Å². The fourth-order valence-corrected chi connectivity index (χ4v) is 2.42. The van der Waals surface area contributed by atoms with Crippen LogP contribution < -0.4 is 4.90 Å². The molecule has 4 heteroatoms. The molecule has 2 aromatic rings. The summed E-state index contributed by atoms with van der Waals surface area (Å²) in [5.74, 6) is 1.10. The van der Waals surface area contributed by atoms with Gasteiger partial charge in [0.2, 0.25) is 0 Å². The Balaban J connectivity index is 2.08. The van der Waals surface area contributed by atoms with E-state index in [1.54, 1.807) is 6.33 Å². The summed E-state index contributed by atoms with van der Waals surface area (Å²) in [5.41, 5.74) is 1.02. The summed E-state index contributed by atoms with van der Waals surface area (Å²) in [5, 5.41) is 1.17. The third kappa shape index (κ3) is 1.45. The van der Waals surface area contributed by atoms with Gasteiger partial charge in [0.15, 0.2) is 0 Å². The van der Waals surface area contributed by atoms with Crippen molar-refractivity contribution in [2.45, 2.75) is 19.3 Å². The first-order chi connectivity index (χ1) is 7.86. The van der Waals surface area contributed by atoms with Crippen LogP contribution in [0.5, 0.6) is 0 Å². The molecule has 0 unspecified atom stereocenters. The van der Waals surface area contributed by atoms with E-state index < -0.39 is 0 Å². The number of nitrogens with zero attached hydrogens (tertiary/aromatic N) is 4. The molecular formula is C12H16N4. The maximum atomic E-state index is 4.45. The van der Waals surface area contributed by atoms with Crippen molar-refractivity contribution < 1.29 is 0 Å². The lowest BCUT2D eigenvalue weighted by atomic mass is 10.1. The van der Waals surface area contributed by atoms with Crippen molar-refractivity contribution >= 4 is 16.9 Å². The summed E-state index contributed by atoms with van der Waals surface area (Å²) < 4.78 is 2.05. The Kier molecular flexibility index (Phi) is 2.27. The second-order valence-electron chi connectivity index (χ2n) is 4.41. The molecule has 1 aliphatic rings. The number of piperidine rings is 1. The molecule has 0 spiro atoms. The summed E-state index contributed by atoms with van der Waals surface area (Å²) >= 11 is 0. The zero-order valence-corrected chi connectivity index (χ0v) is 9.56. The molecule has 1 aliphatic heterocycles. The molecule has 0 bridgehead atoms. The zero-order valence-electron chi connectivity index (χ0n) is 9.56. The molecule has 16 heavy (non-hydrogen) atoms. The van der Waals surface area contributed by atoms with Crippen LogP contribution in [0.15, 0.2) is 18.6 Å². The van der Waals surface area contributed by atoms with Crippen molar-refractivity contribution in [3.63, 3.8) is 0 Å². The summed E-state index contributed by atoms with van der Waals surface area (Å²) in [6.07, 6.45) is 7.62. The average molecular weight is 216 g/mol. The van der Waals surface area contributed by atoms with E-state index in [0.717, 1.165) is 24.6 Å². The Morgan fingerprint density at radius 1 is 1.12 bits per heavy atom. The molecule has 0 aromatic carbocycles. The smallest absolute Gasteiger partial charge is 0.145 e. The van der Waals surface area contributed by atoms with Crippen LogP contribution in [0, 0.1) is 0 Å². The van der Waals surface area contributed by atoms with Crippen LogP contribution in [0.25, 0.3) is 11.0 Å². The highest BCUT2D eigenvalue weighted by atomic mass is 15.2. The molecule has 0 aliphatic carbocycles. The average Bonchev–Trinajstić information content (AvgIpc) is 2.73. The molecule has 1 fully saturated rings. The molecule has 0 saturated carbocycles. The van der Waals surface area contributed by atoms with Crippen molar-refractivity contribution in [2.75, 3.05) is 18.0 Å². The van der Waals surface area contributed by atoms with Gasteiger partial charge in [0, 0.05) is 26.3 Å². The van der Waals surface area contributed by atoms with Crippen LogP contribution in [-0.2, 0) is 7.05 Å². The van der Waals surface area contributed by atoms with Gasteiger partial charge in [-0.1, -0.05) is 0 Å². The van der Waals surface area contributed by atoms with Crippen LogP contribution in [-0.4, -0.2) is 27.6 Å². The predicted octanol–water partition coefficient (Wildman–Crippen LogP) is 1.96. The highest BCUT2D eigenvalue weighted by molar-refractivity contribution is 5.87. The van der Waals surface area contributed by atoms with Gasteiger partial charge in [-0.3, -0.25) is 0 Å². The Hall–Kier alpha value is -1.58. The molecule has 4 nitrogen and oxygen atoms in total. The van der Waals surface area contributed by atoms with Gasteiger partial charge in [0.25, 0.3) is 0 Å². The van der Waals surface area contributed by atoms with Gasteiger partial charge in [-0.2, -0.15) is 0 Å². The van der Waals surface area contributed by atoms with Crippen molar-refractivity contribution in [2.24, 2.45) is 7.05 Å². The van der Waals surface area contributed by atoms with E-state index in [1.165, 1.54) is 24.6 Å². The molecule has 0 atom stereocenters. The van der Waals surface area contributed by atoms with Gasteiger partial charge < -0.3 is 9.47 Å². The van der Waals surface area contributed by atoms with Crippen molar-refractivity contribution in [1.29, 1.82) is 0 Å². The minimum absolute atomic E-state index is 1.02. The molecule has 2 aromatic heterocycles. The number of aryl methyl sites for hydroxylation is 1. The largest absolute Gasteiger partial charge is 0.356 e. The monoisotopic (exact) mass is 216 g/mol. The fraction of sp³-hybridized carbons (Fsp3) is 0.500. The molecule has 0 N–H and O–H groups in total. The predicted molar refractivity (Wildman–Crippen MR) is 64.6 cm³/mol. The Labute approximate surface area is 94.9 Å². The van der Waals surface area contributed by atoms with Crippen molar-refractivity contribution in [3.05, 3.63) is 18.6 Å². The van der Waals surface area contributed by atoms with E-state index >= 15 is 0 Å². The maximum absolute atomic E-state index is 4.45. The number of hydrogen-bond donors (Lipinski definition) is 0. The lowest BCUT2D eigenvalue weighted by molar-refractivity contribution is 0.574. The van der Waals surface area contributed by atoms with Gasteiger partial charge in [-0.05, 0) is 25.3 Å². The molecule has 1 saturated heterocycles. The fourth-order valence-electron chi connectivity index (χ4n) is 2.42. The molecular weight excluding hydrogens is 200 g/mol. The highest BCUT2D eigenvalue weighted by Gasteiger charge is 2.15. The Bertz CT molecular complexity index is 497. The number of rotatable bonds is 1. The molecule has 3 heterocycles. The van der Waals surface area contributed by atoms with Crippen molar-refractivity contribution in [1.82, 2.24) is 14.5 Å². The minimum Gasteiger partial charge on any atom is -0.356 e. The Morgan fingerprint density at radius 2 is 1.94 bits per heavy atom. The molecule has 0 amide bonds. The second kappa shape index (κ2) is 3.77. The number of fused-ring (bicyclic) bond motifs is 1. The second-order valence-corrected chi connectivity index (χ2v) is 4.41. The van der Waals surface area contributed by atoms with Crippen LogP contribution in [0.2, 0.25) is 0 Å². The van der Waals surface area contributed by atoms with Gasteiger partial charge >= 0.3 is 0 Å². The normalized spacial score (nSPS) is 16.9. The zero-order chi connectivity index (χ0) is 11.0. The summed E-state index contributed by atoms with van der Waals surface area (Å²) in [6.45, 7) is 2.25. The van der Waals surface area contributed by atoms with Crippen LogP contribution >= 0.6 is 0 Å². The SMILES string of the molecule is Cn1ccc2c(N3CCCCC3)ncnc21. The first-order valence-electron chi connectivity index (χ1n) is 5.87. The van der Waals surface area contributed by atoms with E-state index in [4.69, 9.17) is 0 Å². The van der Waals surface area contributed by atoms with Gasteiger partial charge in [-0.15, -0.1) is 0 Å². The standard InChI is InChI=1S/C12H16N4/c1-15-8-5-10-11(15)13-9-14-12(10)16-6-3-2-4-7-16/h5,8-9H,2-4,6-7H2,1H3.